The topological polar surface area (TPSA) is 35.9 Å². The van der Waals surface area contributed by atoms with Crippen LogP contribution >= 0.6 is 0 Å². The van der Waals surface area contributed by atoms with Gasteiger partial charge in [-0.1, -0.05) is 12.1 Å². The van der Waals surface area contributed by atoms with E-state index >= 15 is 0 Å². The molecule has 0 saturated heterocycles. The van der Waals surface area contributed by atoms with E-state index in [2.05, 4.69) is 28.8 Å². The number of likely N-dealkylation sites (N-methyl/N-ethyl adjacent to an activating group) is 2. The normalized spacial score (nSPS) is 16.2. The van der Waals surface area contributed by atoms with Crippen molar-refractivity contribution in [3.63, 3.8) is 0 Å². The maximum atomic E-state index is 10.3. The second kappa shape index (κ2) is 5.29. The summed E-state index contributed by atoms with van der Waals surface area (Å²) in [7, 11) is 6.01. The fraction of sp³-hybridized carbons (Fsp3) is 1.00. The van der Waals surface area contributed by atoms with Crippen molar-refractivity contribution in [1.29, 1.82) is 0 Å². The number of hydrogen-bond donors (Lipinski definition) is 0. The van der Waals surface area contributed by atoms with Gasteiger partial charge >= 0.3 is 0 Å². The highest BCUT2D eigenvalue weighted by Gasteiger charge is 2.28. The second-order valence-corrected chi connectivity index (χ2v) is 4.01. The van der Waals surface area contributed by atoms with E-state index in [9.17, 15) is 4.91 Å². The molecule has 0 amide bonds. The lowest BCUT2D eigenvalue weighted by atomic mass is 10.0. The van der Waals surface area contributed by atoms with Gasteiger partial charge in [-0.05, 0) is 34.6 Å². The van der Waals surface area contributed by atoms with Gasteiger partial charge in [0.15, 0.2) is 0 Å². The maximum Gasteiger partial charge on any atom is 0.100 e. The summed E-state index contributed by atoms with van der Waals surface area (Å²) in [6.45, 7) is 6.35. The molecule has 0 aliphatic heterocycles. The van der Waals surface area contributed by atoms with Crippen molar-refractivity contribution in [3.8, 4) is 0 Å². The summed E-state index contributed by atoms with van der Waals surface area (Å²) < 4.78 is 0. The van der Waals surface area contributed by atoms with Gasteiger partial charge in [0.1, 0.15) is 6.54 Å². The van der Waals surface area contributed by atoms with Gasteiger partial charge < -0.3 is 9.80 Å². The van der Waals surface area contributed by atoms with Gasteiger partial charge in [0.25, 0.3) is 0 Å². The van der Waals surface area contributed by atoms with Gasteiger partial charge in [0.05, 0.1) is 5.54 Å². The highest BCUT2D eigenvalue weighted by atomic mass is 16.3. The molecule has 0 aromatic heterocycles. The summed E-state index contributed by atoms with van der Waals surface area (Å²) >= 11 is 0. The van der Waals surface area contributed by atoms with E-state index in [4.69, 9.17) is 0 Å². The first kappa shape index (κ1) is 12.5. The minimum Gasteiger partial charge on any atom is -0.305 e. The molecule has 0 bridgehead atoms. The van der Waals surface area contributed by atoms with E-state index in [1.165, 1.54) is 0 Å². The predicted molar refractivity (Wildman–Crippen MR) is 55.9 cm³/mol. The molecular weight excluding hydrogens is 166 g/mol. The molecule has 0 aromatic rings. The third-order valence-corrected chi connectivity index (χ3v) is 2.64. The zero-order valence-electron chi connectivity index (χ0n) is 9.37. The van der Waals surface area contributed by atoms with Crippen LogP contribution in [-0.4, -0.2) is 56.1 Å². The van der Waals surface area contributed by atoms with Crippen molar-refractivity contribution >= 4 is 0 Å². The average Bonchev–Trinajstić information content (AvgIpc) is 2.04. The van der Waals surface area contributed by atoms with Crippen molar-refractivity contribution in [2.75, 3.05) is 40.8 Å². The molecule has 0 rings (SSSR count). The molecule has 0 fully saturated rings. The standard InChI is InChI=1S/C9H21N3O/c1-6-12(5)8-9(2,7-10-13)11(3)4/h6-8H2,1-5H3. The molecule has 78 valence electrons. The van der Waals surface area contributed by atoms with Crippen LogP contribution in [0.1, 0.15) is 13.8 Å². The van der Waals surface area contributed by atoms with Crippen LogP contribution in [0.2, 0.25) is 0 Å². The summed E-state index contributed by atoms with van der Waals surface area (Å²) in [5.74, 6) is 0. The Kier molecular flexibility index (Phi) is 5.10. The molecule has 0 aliphatic rings. The lowest BCUT2D eigenvalue weighted by Gasteiger charge is -2.37. The fourth-order valence-corrected chi connectivity index (χ4v) is 1.17. The van der Waals surface area contributed by atoms with Crippen LogP contribution in [0.15, 0.2) is 5.18 Å². The van der Waals surface area contributed by atoms with Crippen LogP contribution in [-0.2, 0) is 0 Å². The Labute approximate surface area is 80.9 Å². The molecule has 0 N–H and O–H groups in total. The largest absolute Gasteiger partial charge is 0.305 e. The van der Waals surface area contributed by atoms with Gasteiger partial charge in [0, 0.05) is 6.54 Å². The summed E-state index contributed by atoms with van der Waals surface area (Å²) in [4.78, 5) is 14.5. The van der Waals surface area contributed by atoms with Crippen molar-refractivity contribution in [3.05, 3.63) is 4.91 Å². The molecule has 0 spiro atoms. The second-order valence-electron chi connectivity index (χ2n) is 4.01. The zero-order valence-corrected chi connectivity index (χ0v) is 9.37. The molecule has 13 heavy (non-hydrogen) atoms. The molecule has 0 heterocycles. The molecule has 0 aliphatic carbocycles. The van der Waals surface area contributed by atoms with Crippen LogP contribution in [0.5, 0.6) is 0 Å². The van der Waals surface area contributed by atoms with E-state index in [1.54, 1.807) is 0 Å². The van der Waals surface area contributed by atoms with Crippen LogP contribution < -0.4 is 0 Å². The molecule has 1 unspecified atom stereocenters. The summed E-state index contributed by atoms with van der Waals surface area (Å²) in [5, 5.41) is 3.00. The summed E-state index contributed by atoms with van der Waals surface area (Å²) in [5.41, 5.74) is -0.146. The first-order chi connectivity index (χ1) is 5.96. The maximum absolute atomic E-state index is 10.3. The van der Waals surface area contributed by atoms with E-state index in [-0.39, 0.29) is 5.54 Å². The first-order valence-corrected chi connectivity index (χ1v) is 4.61. The third-order valence-electron chi connectivity index (χ3n) is 2.64. The highest BCUT2D eigenvalue weighted by molar-refractivity contribution is 4.87. The van der Waals surface area contributed by atoms with Gasteiger partial charge in [-0.15, -0.1) is 0 Å². The Morgan fingerprint density at radius 2 is 1.85 bits per heavy atom. The Balaban J connectivity index is 4.31. The average molecular weight is 187 g/mol. The first-order valence-electron chi connectivity index (χ1n) is 4.61. The number of nitrogens with zero attached hydrogens (tertiary/aromatic N) is 3. The number of rotatable bonds is 6. The fourth-order valence-electron chi connectivity index (χ4n) is 1.17. The molecule has 0 radical (unpaired) electrons. The van der Waals surface area contributed by atoms with E-state index < -0.39 is 0 Å². The smallest absolute Gasteiger partial charge is 0.100 e. The molecule has 0 saturated carbocycles. The zero-order chi connectivity index (χ0) is 10.5. The SMILES string of the molecule is CCN(C)CC(C)(CN=O)N(C)C. The number of hydrogen-bond acceptors (Lipinski definition) is 4. The predicted octanol–water partition coefficient (Wildman–Crippen LogP) is 1.02. The Morgan fingerprint density at radius 3 is 2.15 bits per heavy atom. The van der Waals surface area contributed by atoms with E-state index in [1.807, 2.05) is 21.1 Å². The molecule has 1 atom stereocenters. The van der Waals surface area contributed by atoms with Crippen LogP contribution in [0.4, 0.5) is 0 Å². The molecule has 4 heteroatoms. The van der Waals surface area contributed by atoms with Crippen molar-refractivity contribution < 1.29 is 0 Å². The van der Waals surface area contributed by atoms with Gasteiger partial charge in [-0.25, -0.2) is 0 Å². The Hall–Kier alpha value is -0.480. The lowest BCUT2D eigenvalue weighted by Crippen LogP contribution is -2.51. The van der Waals surface area contributed by atoms with Crippen LogP contribution in [0.3, 0.4) is 0 Å². The minimum atomic E-state index is -0.146. The third kappa shape index (κ3) is 3.83. The summed E-state index contributed by atoms with van der Waals surface area (Å²) in [6.07, 6.45) is 0. The lowest BCUT2D eigenvalue weighted by molar-refractivity contribution is 0.127. The van der Waals surface area contributed by atoms with Gasteiger partial charge in [-0.2, -0.15) is 4.91 Å². The molecular formula is C9H21N3O. The quantitative estimate of drug-likeness (QED) is 0.583. The van der Waals surface area contributed by atoms with Gasteiger partial charge in [-0.3, -0.25) is 0 Å². The van der Waals surface area contributed by atoms with E-state index in [0.717, 1.165) is 13.1 Å². The van der Waals surface area contributed by atoms with E-state index in [0.29, 0.717) is 6.54 Å². The highest BCUT2D eigenvalue weighted by Crippen LogP contribution is 2.13. The van der Waals surface area contributed by atoms with Crippen molar-refractivity contribution in [1.82, 2.24) is 9.80 Å². The van der Waals surface area contributed by atoms with Gasteiger partial charge in [0.2, 0.25) is 0 Å². The Morgan fingerprint density at radius 1 is 1.31 bits per heavy atom. The molecule has 0 aromatic carbocycles. The molecule has 4 nitrogen and oxygen atoms in total. The van der Waals surface area contributed by atoms with Crippen molar-refractivity contribution in [2.24, 2.45) is 5.18 Å². The van der Waals surface area contributed by atoms with Crippen molar-refractivity contribution in [2.45, 2.75) is 19.4 Å². The van der Waals surface area contributed by atoms with Crippen LogP contribution in [0, 0.1) is 4.91 Å². The van der Waals surface area contributed by atoms with Crippen LogP contribution in [0.25, 0.3) is 0 Å². The monoisotopic (exact) mass is 187 g/mol. The number of nitroso groups, excluding NO2 is 1. The Bertz CT molecular complexity index is 161. The summed E-state index contributed by atoms with van der Waals surface area (Å²) in [6, 6.07) is 0. The minimum absolute atomic E-state index is 0.146.